The lowest BCUT2D eigenvalue weighted by atomic mass is 10.2. The average Bonchev–Trinajstić information content (AvgIpc) is 2.73. The lowest BCUT2D eigenvalue weighted by Crippen LogP contribution is -2.42. The molecule has 0 radical (unpaired) electrons. The normalized spacial score (nSPS) is 14.6. The number of nitrogens with one attached hydrogen (secondary N) is 1. The quantitative estimate of drug-likeness (QED) is 0.241. The molecule has 0 saturated carbocycles. The van der Waals surface area contributed by atoms with Crippen molar-refractivity contribution in [2.75, 3.05) is 32.8 Å². The first-order valence-corrected chi connectivity index (χ1v) is 9.62. The highest BCUT2D eigenvalue weighted by molar-refractivity contribution is 6.15. The third-order valence-corrected chi connectivity index (χ3v) is 4.03. The molecule has 0 amide bonds. The minimum absolute atomic E-state index is 0.0160. The van der Waals surface area contributed by atoms with E-state index in [1.54, 1.807) is 12.1 Å². The molecule has 0 spiro atoms. The summed E-state index contributed by atoms with van der Waals surface area (Å²) in [4.78, 5) is 46.8. The molecular weight excluding hydrogens is 426 g/mol. The van der Waals surface area contributed by atoms with Crippen molar-refractivity contribution in [3.8, 4) is 11.5 Å². The summed E-state index contributed by atoms with van der Waals surface area (Å²) in [5.41, 5.74) is -0.0229. The average molecular weight is 451 g/mol. The summed E-state index contributed by atoms with van der Waals surface area (Å²) in [6, 6.07) is 4.69. The molecule has 0 aliphatic carbocycles. The van der Waals surface area contributed by atoms with Crippen molar-refractivity contribution >= 4 is 29.6 Å². The van der Waals surface area contributed by atoms with E-state index in [2.05, 4.69) is 14.8 Å². The summed E-state index contributed by atoms with van der Waals surface area (Å²) >= 11 is 0. The smallest absolute Gasteiger partial charge is 0.350 e. The van der Waals surface area contributed by atoms with Crippen LogP contribution in [0.3, 0.4) is 0 Å². The molecule has 1 aliphatic heterocycles. The van der Waals surface area contributed by atoms with E-state index in [4.69, 9.17) is 18.9 Å². The molecule has 1 heterocycles. The first-order chi connectivity index (χ1) is 15.1. The van der Waals surface area contributed by atoms with Crippen molar-refractivity contribution in [1.82, 2.24) is 0 Å². The zero-order valence-electron chi connectivity index (χ0n) is 18.2. The number of hydrogen-bond donors (Lipinski definition) is 1. The van der Waals surface area contributed by atoms with Crippen LogP contribution in [0.15, 0.2) is 30.0 Å². The van der Waals surface area contributed by atoms with Crippen molar-refractivity contribution in [2.24, 2.45) is 0 Å². The summed E-state index contributed by atoms with van der Waals surface area (Å²) < 4.78 is 30.3. The fourth-order valence-corrected chi connectivity index (χ4v) is 2.47. The molecule has 1 N–H and O–H groups in total. The third-order valence-electron chi connectivity index (χ3n) is 4.03. The maximum absolute atomic E-state index is 12.1. The van der Waals surface area contributed by atoms with Crippen LogP contribution in [0.1, 0.15) is 26.7 Å². The minimum atomic E-state index is -1.36. The standard InChI is InChI=1S/C21H25NO10/c1-21(2)31-19(25)14(20(26)32-21)12-22-15-11-13(29-9-7-17(23)27-3)5-6-16(15)30-10-8-18(24)28-4/h5-6,11-12,22H,7-10H2,1-4H3. The number of rotatable bonds is 10. The maximum Gasteiger partial charge on any atom is 0.350 e. The molecule has 32 heavy (non-hydrogen) atoms. The molecule has 0 unspecified atom stereocenters. The number of ether oxygens (including phenoxy) is 6. The van der Waals surface area contributed by atoms with Gasteiger partial charge in [-0.3, -0.25) is 9.59 Å². The number of hydrogen-bond acceptors (Lipinski definition) is 11. The lowest BCUT2D eigenvalue weighted by molar-refractivity contribution is -0.222. The lowest BCUT2D eigenvalue weighted by Gasteiger charge is -2.29. The Morgan fingerprint density at radius 2 is 1.53 bits per heavy atom. The highest BCUT2D eigenvalue weighted by atomic mass is 16.7. The molecule has 1 aromatic carbocycles. The molecule has 1 saturated heterocycles. The van der Waals surface area contributed by atoms with E-state index < -0.39 is 29.7 Å². The van der Waals surface area contributed by atoms with Crippen molar-refractivity contribution in [2.45, 2.75) is 32.5 Å². The van der Waals surface area contributed by atoms with Crippen molar-refractivity contribution in [3.05, 3.63) is 30.0 Å². The molecule has 1 aliphatic rings. The predicted octanol–water partition coefficient (Wildman–Crippen LogP) is 1.70. The Labute approximate surface area is 184 Å². The fraction of sp³-hybridized carbons (Fsp3) is 0.429. The first kappa shape index (κ1) is 24.5. The molecule has 1 fully saturated rings. The summed E-state index contributed by atoms with van der Waals surface area (Å²) in [6.07, 6.45) is 1.19. The van der Waals surface area contributed by atoms with Gasteiger partial charge in [0.2, 0.25) is 0 Å². The molecule has 0 atom stereocenters. The van der Waals surface area contributed by atoms with E-state index >= 15 is 0 Å². The van der Waals surface area contributed by atoms with Gasteiger partial charge in [0.25, 0.3) is 5.79 Å². The van der Waals surface area contributed by atoms with E-state index in [0.717, 1.165) is 6.20 Å². The van der Waals surface area contributed by atoms with Crippen LogP contribution in [0.4, 0.5) is 5.69 Å². The van der Waals surface area contributed by atoms with E-state index in [9.17, 15) is 19.2 Å². The van der Waals surface area contributed by atoms with Gasteiger partial charge in [0, 0.05) is 26.1 Å². The van der Waals surface area contributed by atoms with Gasteiger partial charge in [-0.05, 0) is 12.1 Å². The Bertz CT molecular complexity index is 884. The van der Waals surface area contributed by atoms with Crippen LogP contribution in [0.5, 0.6) is 11.5 Å². The van der Waals surface area contributed by atoms with Crippen LogP contribution in [-0.4, -0.2) is 57.1 Å². The Morgan fingerprint density at radius 3 is 2.09 bits per heavy atom. The van der Waals surface area contributed by atoms with E-state index in [-0.39, 0.29) is 31.6 Å². The second kappa shape index (κ2) is 11.0. The largest absolute Gasteiger partial charge is 0.493 e. The van der Waals surface area contributed by atoms with Gasteiger partial charge in [-0.2, -0.15) is 0 Å². The molecule has 11 nitrogen and oxygen atoms in total. The molecule has 11 heteroatoms. The van der Waals surface area contributed by atoms with Crippen molar-refractivity contribution < 1.29 is 47.6 Å². The number of anilines is 1. The minimum Gasteiger partial charge on any atom is -0.493 e. The third kappa shape index (κ3) is 7.18. The zero-order valence-corrected chi connectivity index (χ0v) is 18.2. The Hall–Kier alpha value is -3.76. The number of cyclic esters (lactones) is 2. The molecule has 174 valence electrons. The Morgan fingerprint density at radius 1 is 0.969 bits per heavy atom. The van der Waals surface area contributed by atoms with Gasteiger partial charge < -0.3 is 33.7 Å². The first-order valence-electron chi connectivity index (χ1n) is 9.62. The summed E-state index contributed by atoms with van der Waals surface area (Å²) in [5, 5.41) is 2.80. The van der Waals surface area contributed by atoms with Gasteiger partial charge in [-0.1, -0.05) is 0 Å². The van der Waals surface area contributed by atoms with Crippen LogP contribution >= 0.6 is 0 Å². The number of esters is 4. The van der Waals surface area contributed by atoms with E-state index in [1.165, 1.54) is 34.1 Å². The number of carbonyl (C=O) groups excluding carboxylic acids is 4. The monoisotopic (exact) mass is 451 g/mol. The van der Waals surface area contributed by atoms with Gasteiger partial charge in [-0.15, -0.1) is 0 Å². The molecule has 0 bridgehead atoms. The highest BCUT2D eigenvalue weighted by Crippen LogP contribution is 2.31. The van der Waals surface area contributed by atoms with Crippen molar-refractivity contribution in [3.63, 3.8) is 0 Å². The second-order valence-corrected chi connectivity index (χ2v) is 6.89. The fourth-order valence-electron chi connectivity index (χ4n) is 2.47. The van der Waals surface area contributed by atoms with Crippen molar-refractivity contribution in [1.29, 1.82) is 0 Å². The SMILES string of the molecule is COC(=O)CCOc1ccc(OCCC(=O)OC)c(NC=C2C(=O)OC(C)(C)OC2=O)c1. The van der Waals surface area contributed by atoms with Gasteiger partial charge >= 0.3 is 23.9 Å². The van der Waals surface area contributed by atoms with Crippen LogP contribution in [-0.2, 0) is 38.1 Å². The highest BCUT2D eigenvalue weighted by Gasteiger charge is 2.39. The van der Waals surface area contributed by atoms with E-state index in [1.807, 2.05) is 0 Å². The number of benzene rings is 1. The number of methoxy groups -OCH3 is 2. The summed E-state index contributed by atoms with van der Waals surface area (Å²) in [6.45, 7) is 2.98. The summed E-state index contributed by atoms with van der Waals surface area (Å²) in [5.74, 6) is -3.24. The van der Waals surface area contributed by atoms with Gasteiger partial charge in [0.15, 0.2) is 5.57 Å². The van der Waals surface area contributed by atoms with Gasteiger partial charge in [0.1, 0.15) is 11.5 Å². The Kier molecular flexibility index (Phi) is 8.45. The van der Waals surface area contributed by atoms with Crippen LogP contribution < -0.4 is 14.8 Å². The second-order valence-electron chi connectivity index (χ2n) is 6.89. The van der Waals surface area contributed by atoms with Crippen LogP contribution in [0.25, 0.3) is 0 Å². The maximum atomic E-state index is 12.1. The number of carbonyl (C=O) groups is 4. The Balaban J connectivity index is 2.18. The zero-order chi connectivity index (χ0) is 23.7. The topological polar surface area (TPSA) is 136 Å². The molecule has 0 aromatic heterocycles. The predicted molar refractivity (Wildman–Crippen MR) is 109 cm³/mol. The van der Waals surface area contributed by atoms with Crippen LogP contribution in [0, 0.1) is 0 Å². The molecule has 1 aromatic rings. The summed E-state index contributed by atoms with van der Waals surface area (Å²) in [7, 11) is 2.55. The molecule has 2 rings (SSSR count). The van der Waals surface area contributed by atoms with E-state index in [0.29, 0.717) is 17.2 Å². The van der Waals surface area contributed by atoms with Gasteiger partial charge in [-0.25, -0.2) is 9.59 Å². The molecular formula is C21H25NO10. The van der Waals surface area contributed by atoms with Crippen LogP contribution in [0.2, 0.25) is 0 Å². The van der Waals surface area contributed by atoms with Gasteiger partial charge in [0.05, 0.1) is 46.0 Å².